The van der Waals surface area contributed by atoms with Gasteiger partial charge in [-0.25, -0.2) is 12.8 Å². The molecule has 3 rings (SSSR count). The van der Waals surface area contributed by atoms with Crippen molar-refractivity contribution in [3.8, 4) is 11.8 Å². The third kappa shape index (κ3) is 3.50. The van der Waals surface area contributed by atoms with Gasteiger partial charge >= 0.3 is 0 Å². The summed E-state index contributed by atoms with van der Waals surface area (Å²) in [5.41, 5.74) is 0.268. The summed E-state index contributed by atoms with van der Waals surface area (Å²) < 4.78 is 43.2. The van der Waals surface area contributed by atoms with Crippen LogP contribution in [0.2, 0.25) is 5.02 Å². The van der Waals surface area contributed by atoms with E-state index in [1.807, 2.05) is 0 Å². The van der Waals surface area contributed by atoms with Crippen molar-refractivity contribution in [2.75, 3.05) is 4.72 Å². The minimum atomic E-state index is -4.19. The van der Waals surface area contributed by atoms with Crippen LogP contribution in [0.25, 0.3) is 5.69 Å². The fourth-order valence-corrected chi connectivity index (χ4v) is 3.75. The van der Waals surface area contributed by atoms with Crippen molar-refractivity contribution in [1.82, 2.24) is 4.57 Å². The largest absolute Gasteiger partial charge is 0.324 e. The Balaban J connectivity index is 2.04. The highest BCUT2D eigenvalue weighted by Crippen LogP contribution is 2.26. The zero-order valence-corrected chi connectivity index (χ0v) is 14.2. The van der Waals surface area contributed by atoms with E-state index in [-0.39, 0.29) is 21.2 Å². The van der Waals surface area contributed by atoms with Crippen molar-refractivity contribution in [3.63, 3.8) is 0 Å². The number of halogens is 2. The number of hydrogen-bond acceptors (Lipinski definition) is 3. The topological polar surface area (TPSA) is 74.9 Å². The molecule has 1 aromatic heterocycles. The maximum atomic E-state index is 14.1. The molecule has 0 unspecified atom stereocenters. The zero-order chi connectivity index (χ0) is 18.0. The first kappa shape index (κ1) is 17.0. The number of sulfonamides is 1. The normalized spacial score (nSPS) is 11.1. The Morgan fingerprint density at radius 3 is 2.52 bits per heavy atom. The minimum absolute atomic E-state index is 0.0844. The van der Waals surface area contributed by atoms with Crippen LogP contribution in [0.3, 0.4) is 0 Å². The van der Waals surface area contributed by atoms with Gasteiger partial charge in [0.15, 0.2) is 0 Å². The Hall–Kier alpha value is -2.82. The number of rotatable bonds is 4. The molecule has 126 valence electrons. The smallest absolute Gasteiger partial charge is 0.263 e. The Labute approximate surface area is 149 Å². The van der Waals surface area contributed by atoms with Gasteiger partial charge in [-0.3, -0.25) is 4.72 Å². The number of nitriles is 1. The van der Waals surface area contributed by atoms with Crippen molar-refractivity contribution >= 4 is 27.3 Å². The highest BCUT2D eigenvalue weighted by molar-refractivity contribution is 7.92. The van der Waals surface area contributed by atoms with Crippen LogP contribution in [0.5, 0.6) is 0 Å². The van der Waals surface area contributed by atoms with E-state index in [1.54, 1.807) is 35.2 Å². The van der Waals surface area contributed by atoms with E-state index in [0.29, 0.717) is 5.69 Å². The number of aromatic nitrogens is 1. The first-order chi connectivity index (χ1) is 11.9. The number of nitrogens with one attached hydrogen (secondary N) is 1. The van der Waals surface area contributed by atoms with Gasteiger partial charge in [0, 0.05) is 23.1 Å². The van der Waals surface area contributed by atoms with Gasteiger partial charge in [-0.1, -0.05) is 11.6 Å². The third-order valence-corrected chi connectivity index (χ3v) is 5.09. The molecular weight excluding hydrogens is 365 g/mol. The van der Waals surface area contributed by atoms with E-state index in [1.165, 1.54) is 24.3 Å². The van der Waals surface area contributed by atoms with Gasteiger partial charge in [0.25, 0.3) is 10.0 Å². The summed E-state index contributed by atoms with van der Waals surface area (Å²) in [4.78, 5) is -0.312. The van der Waals surface area contributed by atoms with Crippen molar-refractivity contribution < 1.29 is 12.8 Å². The molecule has 1 heterocycles. The molecule has 5 nitrogen and oxygen atoms in total. The number of nitrogens with zero attached hydrogens (tertiary/aromatic N) is 2. The minimum Gasteiger partial charge on any atom is -0.324 e. The van der Waals surface area contributed by atoms with E-state index >= 15 is 0 Å². The predicted octanol–water partition coefficient (Wildman–Crippen LogP) is 3.94. The van der Waals surface area contributed by atoms with Gasteiger partial charge in [0.1, 0.15) is 16.8 Å². The highest BCUT2D eigenvalue weighted by Gasteiger charge is 2.21. The van der Waals surface area contributed by atoms with Crippen LogP contribution in [-0.4, -0.2) is 13.0 Å². The second-order valence-corrected chi connectivity index (χ2v) is 7.20. The molecule has 0 aliphatic rings. The van der Waals surface area contributed by atoms with E-state index in [0.717, 1.165) is 12.1 Å². The van der Waals surface area contributed by atoms with Crippen molar-refractivity contribution in [2.24, 2.45) is 0 Å². The molecule has 3 aromatic rings. The Morgan fingerprint density at radius 2 is 1.84 bits per heavy atom. The molecule has 0 saturated heterocycles. The van der Waals surface area contributed by atoms with Crippen LogP contribution in [0.1, 0.15) is 5.56 Å². The number of anilines is 1. The summed E-state index contributed by atoms with van der Waals surface area (Å²) in [5, 5.41) is 9.25. The average Bonchev–Trinajstić information content (AvgIpc) is 3.11. The van der Waals surface area contributed by atoms with Crippen molar-refractivity contribution in [3.05, 3.63) is 77.3 Å². The molecule has 0 bridgehead atoms. The predicted molar refractivity (Wildman–Crippen MR) is 92.7 cm³/mol. The van der Waals surface area contributed by atoms with Crippen LogP contribution in [0.15, 0.2) is 65.8 Å². The van der Waals surface area contributed by atoms with Gasteiger partial charge in [-0.2, -0.15) is 5.26 Å². The Morgan fingerprint density at radius 1 is 1.12 bits per heavy atom. The molecule has 0 amide bonds. The lowest BCUT2D eigenvalue weighted by Crippen LogP contribution is -2.15. The van der Waals surface area contributed by atoms with Crippen LogP contribution in [0, 0.1) is 17.1 Å². The molecule has 0 aliphatic carbocycles. The van der Waals surface area contributed by atoms with Gasteiger partial charge in [-0.05, 0) is 48.5 Å². The van der Waals surface area contributed by atoms with Crippen LogP contribution in [0.4, 0.5) is 10.1 Å². The quantitative estimate of drug-likeness (QED) is 0.750. The van der Waals surface area contributed by atoms with Crippen molar-refractivity contribution in [2.45, 2.75) is 4.90 Å². The number of benzene rings is 2. The lowest BCUT2D eigenvalue weighted by Gasteiger charge is -2.12. The lowest BCUT2D eigenvalue weighted by atomic mass is 10.2. The monoisotopic (exact) mass is 375 g/mol. The van der Waals surface area contributed by atoms with Crippen LogP contribution in [-0.2, 0) is 10.0 Å². The molecule has 1 N–H and O–H groups in total. The lowest BCUT2D eigenvalue weighted by molar-refractivity contribution is 0.598. The SMILES string of the molecule is N#Cc1ccc(Cl)cc1S(=O)(=O)Nc1cc(-n2cccc2)ccc1F. The average molecular weight is 376 g/mol. The summed E-state index contributed by atoms with van der Waals surface area (Å²) in [6.07, 6.45) is 3.49. The molecular formula is C17H11ClFN3O2S. The molecule has 8 heteroatoms. The molecule has 0 fully saturated rings. The van der Waals surface area contributed by atoms with E-state index < -0.39 is 15.8 Å². The number of hydrogen-bond donors (Lipinski definition) is 1. The first-order valence-electron chi connectivity index (χ1n) is 7.06. The fourth-order valence-electron chi connectivity index (χ4n) is 2.27. The summed E-state index contributed by atoms with van der Waals surface area (Å²) in [6, 6.07) is 13.3. The highest BCUT2D eigenvalue weighted by atomic mass is 35.5. The second kappa shape index (κ2) is 6.59. The van der Waals surface area contributed by atoms with E-state index in [2.05, 4.69) is 4.72 Å². The van der Waals surface area contributed by atoms with Gasteiger partial charge in [-0.15, -0.1) is 0 Å². The Bertz CT molecular complexity index is 1070. The van der Waals surface area contributed by atoms with E-state index in [4.69, 9.17) is 16.9 Å². The summed E-state index contributed by atoms with van der Waals surface area (Å²) >= 11 is 5.83. The Kier molecular flexibility index (Phi) is 4.49. The van der Waals surface area contributed by atoms with Gasteiger partial charge in [0.2, 0.25) is 0 Å². The van der Waals surface area contributed by atoms with E-state index in [9.17, 15) is 12.8 Å². The van der Waals surface area contributed by atoms with Gasteiger partial charge in [0.05, 0.1) is 11.3 Å². The molecule has 0 aliphatic heterocycles. The van der Waals surface area contributed by atoms with Crippen LogP contribution < -0.4 is 4.72 Å². The third-order valence-electron chi connectivity index (χ3n) is 3.45. The molecule has 0 radical (unpaired) electrons. The maximum absolute atomic E-state index is 14.1. The molecule has 2 aromatic carbocycles. The molecule has 0 atom stereocenters. The molecule has 0 spiro atoms. The second-order valence-electron chi connectivity index (χ2n) is 5.11. The molecule has 25 heavy (non-hydrogen) atoms. The standard InChI is InChI=1S/C17H11ClFN3O2S/c18-13-4-3-12(11-20)17(9-13)25(23,24)21-16-10-14(5-6-15(16)19)22-7-1-2-8-22/h1-10,21H. The van der Waals surface area contributed by atoms with Crippen LogP contribution >= 0.6 is 11.6 Å². The molecule has 0 saturated carbocycles. The fraction of sp³-hybridized carbons (Fsp3) is 0. The van der Waals surface area contributed by atoms with Gasteiger partial charge < -0.3 is 4.57 Å². The summed E-state index contributed by atoms with van der Waals surface area (Å²) in [5.74, 6) is -0.736. The summed E-state index contributed by atoms with van der Waals surface area (Å²) in [6.45, 7) is 0. The zero-order valence-electron chi connectivity index (χ0n) is 12.6. The maximum Gasteiger partial charge on any atom is 0.263 e. The van der Waals surface area contributed by atoms with Crippen molar-refractivity contribution in [1.29, 1.82) is 5.26 Å². The first-order valence-corrected chi connectivity index (χ1v) is 8.92. The summed E-state index contributed by atoms with van der Waals surface area (Å²) in [7, 11) is -4.19.